The van der Waals surface area contributed by atoms with Gasteiger partial charge in [0.05, 0.1) is 6.04 Å². The second-order valence-electron chi connectivity index (χ2n) is 5.93. The van der Waals surface area contributed by atoms with E-state index in [4.69, 9.17) is 0 Å². The van der Waals surface area contributed by atoms with Gasteiger partial charge < -0.3 is 15.3 Å². The highest BCUT2D eigenvalue weighted by molar-refractivity contribution is 7.10. The van der Waals surface area contributed by atoms with E-state index in [2.05, 4.69) is 5.32 Å². The first kappa shape index (κ1) is 15.8. The molecule has 2 amide bonds. The van der Waals surface area contributed by atoms with E-state index < -0.39 is 12.0 Å². The van der Waals surface area contributed by atoms with Gasteiger partial charge in [0.1, 0.15) is 6.04 Å². The molecule has 3 unspecified atom stereocenters. The Balaban J connectivity index is 2.11. The van der Waals surface area contributed by atoms with Gasteiger partial charge in [-0.1, -0.05) is 26.8 Å². The van der Waals surface area contributed by atoms with Crippen LogP contribution < -0.4 is 5.32 Å². The number of amides is 2. The van der Waals surface area contributed by atoms with Gasteiger partial charge in [-0.3, -0.25) is 0 Å². The molecule has 3 atom stereocenters. The molecule has 1 aromatic rings. The zero-order chi connectivity index (χ0) is 15.6. The van der Waals surface area contributed by atoms with Crippen LogP contribution in [0.5, 0.6) is 0 Å². The van der Waals surface area contributed by atoms with Gasteiger partial charge in [0, 0.05) is 11.4 Å². The number of carboxylic acid groups (broad SMARTS) is 1. The van der Waals surface area contributed by atoms with Crippen LogP contribution in [0.3, 0.4) is 0 Å². The minimum atomic E-state index is -0.924. The molecule has 1 saturated heterocycles. The molecule has 21 heavy (non-hydrogen) atoms. The lowest BCUT2D eigenvalue weighted by Crippen LogP contribution is -2.48. The summed E-state index contributed by atoms with van der Waals surface area (Å²) >= 11 is 1.60. The van der Waals surface area contributed by atoms with Crippen molar-refractivity contribution in [3.8, 4) is 0 Å². The van der Waals surface area contributed by atoms with Crippen LogP contribution in [0.2, 0.25) is 0 Å². The molecule has 0 aliphatic carbocycles. The molecule has 0 radical (unpaired) electrons. The summed E-state index contributed by atoms with van der Waals surface area (Å²) in [6.07, 6.45) is 0.732. The first-order chi connectivity index (χ1) is 9.91. The van der Waals surface area contributed by atoms with E-state index in [9.17, 15) is 14.7 Å². The Morgan fingerprint density at radius 3 is 2.71 bits per heavy atom. The summed E-state index contributed by atoms with van der Waals surface area (Å²) in [6, 6.07) is 2.87. The topological polar surface area (TPSA) is 69.6 Å². The van der Waals surface area contributed by atoms with Crippen LogP contribution in [-0.4, -0.2) is 34.6 Å². The number of carbonyl (C=O) groups excluding carboxylic acids is 1. The third kappa shape index (κ3) is 3.37. The molecule has 2 heterocycles. The second kappa shape index (κ2) is 6.47. The van der Waals surface area contributed by atoms with Gasteiger partial charge in [0.15, 0.2) is 0 Å². The lowest BCUT2D eigenvalue weighted by Gasteiger charge is -2.28. The highest BCUT2D eigenvalue weighted by atomic mass is 32.1. The Bertz CT molecular complexity index is 501. The zero-order valence-electron chi connectivity index (χ0n) is 12.6. The molecule has 5 nitrogen and oxygen atoms in total. The lowest BCUT2D eigenvalue weighted by molar-refractivity contribution is -0.142. The van der Waals surface area contributed by atoms with E-state index in [0.29, 0.717) is 6.54 Å². The number of hydrogen-bond acceptors (Lipinski definition) is 3. The number of carboxylic acids is 1. The maximum absolute atomic E-state index is 12.5. The van der Waals surface area contributed by atoms with Crippen molar-refractivity contribution < 1.29 is 14.7 Å². The van der Waals surface area contributed by atoms with E-state index >= 15 is 0 Å². The minimum Gasteiger partial charge on any atom is -0.480 e. The Hall–Kier alpha value is -1.56. The molecule has 0 spiro atoms. The molecule has 116 valence electrons. The number of urea groups is 1. The van der Waals surface area contributed by atoms with Crippen LogP contribution in [0.1, 0.15) is 38.1 Å². The lowest BCUT2D eigenvalue weighted by atomic mass is 10.0. The normalized spacial score (nSPS) is 23.3. The third-order valence-corrected chi connectivity index (χ3v) is 4.96. The van der Waals surface area contributed by atoms with Gasteiger partial charge in [0.2, 0.25) is 0 Å². The summed E-state index contributed by atoms with van der Waals surface area (Å²) < 4.78 is 0. The predicted molar refractivity (Wildman–Crippen MR) is 82.3 cm³/mol. The summed E-state index contributed by atoms with van der Waals surface area (Å²) in [7, 11) is 0. The number of aliphatic carboxylic acids is 1. The smallest absolute Gasteiger partial charge is 0.326 e. The largest absolute Gasteiger partial charge is 0.480 e. The standard InChI is InChI=1S/C15H22N2O3S/c1-9(2)12(11-5-4-8-21-11)16-15(20)17-7-6-10(3)13(17)14(18)19/h4-5,8-10,12-13H,6-7H2,1-3H3,(H,16,20)(H,18,19). The number of rotatable bonds is 4. The van der Waals surface area contributed by atoms with Crippen LogP contribution in [0, 0.1) is 11.8 Å². The Morgan fingerprint density at radius 2 is 2.19 bits per heavy atom. The number of hydrogen-bond donors (Lipinski definition) is 2. The molecule has 6 heteroatoms. The fraction of sp³-hybridized carbons (Fsp3) is 0.600. The van der Waals surface area contributed by atoms with Crippen LogP contribution in [0.4, 0.5) is 4.79 Å². The molecule has 2 rings (SSSR count). The summed E-state index contributed by atoms with van der Waals surface area (Å²) in [6.45, 7) is 6.47. The molecule has 0 bridgehead atoms. The summed E-state index contributed by atoms with van der Waals surface area (Å²) in [5, 5.41) is 14.3. The van der Waals surface area contributed by atoms with Crippen LogP contribution in [-0.2, 0) is 4.79 Å². The quantitative estimate of drug-likeness (QED) is 0.898. The number of likely N-dealkylation sites (tertiary alicyclic amines) is 1. The molecular formula is C15H22N2O3S. The van der Waals surface area contributed by atoms with Crippen LogP contribution in [0.25, 0.3) is 0 Å². The van der Waals surface area contributed by atoms with Gasteiger partial charge in [-0.05, 0) is 29.7 Å². The van der Waals surface area contributed by atoms with Crippen molar-refractivity contribution in [3.05, 3.63) is 22.4 Å². The first-order valence-corrected chi connectivity index (χ1v) is 8.13. The maximum Gasteiger partial charge on any atom is 0.326 e. The van der Waals surface area contributed by atoms with E-state index in [0.717, 1.165) is 11.3 Å². The summed E-state index contributed by atoms with van der Waals surface area (Å²) in [5.41, 5.74) is 0. The zero-order valence-corrected chi connectivity index (χ0v) is 13.4. The predicted octanol–water partition coefficient (Wildman–Crippen LogP) is 2.95. The monoisotopic (exact) mass is 310 g/mol. The van der Waals surface area contributed by atoms with E-state index in [1.807, 2.05) is 38.3 Å². The van der Waals surface area contributed by atoms with Crippen LogP contribution >= 0.6 is 11.3 Å². The molecule has 1 aliphatic heterocycles. The molecular weight excluding hydrogens is 288 g/mol. The third-order valence-electron chi connectivity index (χ3n) is 4.01. The van der Waals surface area contributed by atoms with Gasteiger partial charge in [-0.2, -0.15) is 0 Å². The molecule has 0 aromatic carbocycles. The summed E-state index contributed by atoms with van der Waals surface area (Å²) in [5.74, 6) is -0.684. The average molecular weight is 310 g/mol. The SMILES string of the molecule is CC(C)C(NC(=O)N1CCC(C)C1C(=O)O)c1cccs1. The molecule has 1 aromatic heterocycles. The Morgan fingerprint density at radius 1 is 1.48 bits per heavy atom. The van der Waals surface area contributed by atoms with Crippen molar-refractivity contribution in [3.63, 3.8) is 0 Å². The van der Waals surface area contributed by atoms with E-state index in [1.54, 1.807) is 11.3 Å². The van der Waals surface area contributed by atoms with E-state index in [-0.39, 0.29) is 23.9 Å². The van der Waals surface area contributed by atoms with Crippen molar-refractivity contribution in [2.24, 2.45) is 11.8 Å². The van der Waals surface area contributed by atoms with Crippen molar-refractivity contribution in [2.45, 2.75) is 39.3 Å². The van der Waals surface area contributed by atoms with Crippen molar-refractivity contribution in [2.75, 3.05) is 6.54 Å². The first-order valence-electron chi connectivity index (χ1n) is 7.25. The Kier molecular flexibility index (Phi) is 4.88. The van der Waals surface area contributed by atoms with Gasteiger partial charge >= 0.3 is 12.0 Å². The average Bonchev–Trinajstić information content (AvgIpc) is 3.04. The van der Waals surface area contributed by atoms with Crippen molar-refractivity contribution in [1.29, 1.82) is 0 Å². The number of nitrogens with one attached hydrogen (secondary N) is 1. The fourth-order valence-electron chi connectivity index (χ4n) is 2.80. The second-order valence-corrected chi connectivity index (χ2v) is 6.91. The fourth-order valence-corrected chi connectivity index (χ4v) is 3.75. The van der Waals surface area contributed by atoms with Gasteiger partial charge in [0.25, 0.3) is 0 Å². The van der Waals surface area contributed by atoms with Gasteiger partial charge in [-0.25, -0.2) is 9.59 Å². The minimum absolute atomic E-state index is 0.00696. The molecule has 0 saturated carbocycles. The highest BCUT2D eigenvalue weighted by Crippen LogP contribution is 2.28. The maximum atomic E-state index is 12.5. The molecule has 1 aliphatic rings. The Labute approximate surface area is 129 Å². The van der Waals surface area contributed by atoms with E-state index in [1.165, 1.54) is 4.90 Å². The number of carbonyl (C=O) groups is 2. The highest BCUT2D eigenvalue weighted by Gasteiger charge is 2.40. The number of thiophene rings is 1. The molecule has 2 N–H and O–H groups in total. The van der Waals surface area contributed by atoms with Gasteiger partial charge in [-0.15, -0.1) is 11.3 Å². The van der Waals surface area contributed by atoms with Crippen LogP contribution in [0.15, 0.2) is 17.5 Å². The number of nitrogens with zero attached hydrogens (tertiary/aromatic N) is 1. The molecule has 1 fully saturated rings. The van der Waals surface area contributed by atoms with Crippen molar-refractivity contribution >= 4 is 23.3 Å². The van der Waals surface area contributed by atoms with Crippen molar-refractivity contribution in [1.82, 2.24) is 10.2 Å². The summed E-state index contributed by atoms with van der Waals surface area (Å²) in [4.78, 5) is 26.4.